The molecule has 1 heterocycles. The van der Waals surface area contributed by atoms with E-state index < -0.39 is 0 Å². The number of rotatable bonds is 6. The van der Waals surface area contributed by atoms with Gasteiger partial charge in [-0.3, -0.25) is 4.99 Å². The molecule has 1 aliphatic heterocycles. The second-order valence-electron chi connectivity index (χ2n) is 7.82. The second-order valence-corrected chi connectivity index (χ2v) is 7.82. The predicted molar refractivity (Wildman–Crippen MR) is 108 cm³/mol. The molecule has 0 bridgehead atoms. The van der Waals surface area contributed by atoms with Crippen molar-refractivity contribution in [3.05, 3.63) is 0 Å². The third kappa shape index (κ3) is 4.01. The van der Waals surface area contributed by atoms with Gasteiger partial charge in [-0.25, -0.2) is 0 Å². The van der Waals surface area contributed by atoms with Crippen LogP contribution in [0.5, 0.6) is 0 Å². The summed E-state index contributed by atoms with van der Waals surface area (Å²) in [7, 11) is 0. The van der Waals surface area contributed by atoms with Gasteiger partial charge in [-0.2, -0.15) is 0 Å². The quantitative estimate of drug-likeness (QED) is 0.371. The molecule has 1 spiro atoms. The maximum atomic E-state index is 6.01. The van der Waals surface area contributed by atoms with Crippen LogP contribution in [-0.4, -0.2) is 51.0 Å². The molecule has 0 amide bonds. The Labute approximate surface area is 163 Å². The van der Waals surface area contributed by atoms with Crippen molar-refractivity contribution in [2.45, 2.75) is 65.0 Å². The third-order valence-electron chi connectivity index (χ3n) is 5.86. The van der Waals surface area contributed by atoms with Crippen LogP contribution in [0.15, 0.2) is 4.99 Å². The lowest BCUT2D eigenvalue weighted by Crippen LogP contribution is -2.65. The smallest absolute Gasteiger partial charge is 0.191 e. The van der Waals surface area contributed by atoms with Crippen molar-refractivity contribution >= 4 is 29.9 Å². The Morgan fingerprint density at radius 3 is 2.50 bits per heavy atom. The third-order valence-corrected chi connectivity index (χ3v) is 5.86. The standard InChI is InChI=1S/C18H33N3O2.HI/c1-4-19-16(20-11-17(3)12-22-13-17)21-14-10-15(23-5-2)18(14)8-6-7-9-18;/h14-15H,4-13H2,1-3H3,(H2,19,20,21);1H. The van der Waals surface area contributed by atoms with Crippen molar-refractivity contribution in [1.29, 1.82) is 0 Å². The van der Waals surface area contributed by atoms with Gasteiger partial charge in [-0.15, -0.1) is 24.0 Å². The lowest BCUT2D eigenvalue weighted by atomic mass is 9.60. The Balaban J connectivity index is 0.00000208. The van der Waals surface area contributed by atoms with Crippen LogP contribution in [0.1, 0.15) is 52.9 Å². The zero-order valence-corrected chi connectivity index (χ0v) is 17.7. The predicted octanol–water partition coefficient (Wildman–Crippen LogP) is 2.93. The molecule has 0 aromatic carbocycles. The summed E-state index contributed by atoms with van der Waals surface area (Å²) in [5.74, 6) is 0.965. The Bertz CT molecular complexity index is 434. The van der Waals surface area contributed by atoms with E-state index in [0.717, 1.165) is 45.3 Å². The second kappa shape index (κ2) is 8.54. The van der Waals surface area contributed by atoms with Crippen LogP contribution >= 0.6 is 24.0 Å². The Hall–Kier alpha value is -0.0800. The van der Waals surface area contributed by atoms with Gasteiger partial charge in [0.05, 0.1) is 25.9 Å². The summed E-state index contributed by atoms with van der Waals surface area (Å²) in [5.41, 5.74) is 0.566. The molecule has 2 atom stereocenters. The minimum absolute atomic E-state index is 0. The van der Waals surface area contributed by atoms with E-state index in [0.29, 0.717) is 17.6 Å². The number of ether oxygens (including phenoxy) is 2. The SMILES string of the molecule is CCNC(=NCC1(C)COC1)NC1CC(OCC)C12CCCC2.I. The highest BCUT2D eigenvalue weighted by Gasteiger charge is 2.57. The molecule has 3 aliphatic rings. The fourth-order valence-corrected chi connectivity index (χ4v) is 4.39. The Morgan fingerprint density at radius 2 is 1.96 bits per heavy atom. The van der Waals surface area contributed by atoms with E-state index in [-0.39, 0.29) is 29.4 Å². The van der Waals surface area contributed by atoms with Crippen LogP contribution in [-0.2, 0) is 9.47 Å². The lowest BCUT2D eigenvalue weighted by molar-refractivity contribution is -0.125. The van der Waals surface area contributed by atoms with Gasteiger partial charge < -0.3 is 20.1 Å². The zero-order chi connectivity index (χ0) is 16.3. The molecular weight excluding hydrogens is 417 g/mol. The first-order chi connectivity index (χ1) is 11.1. The number of aliphatic imine (C=N–C) groups is 1. The van der Waals surface area contributed by atoms with Crippen molar-refractivity contribution in [1.82, 2.24) is 10.6 Å². The summed E-state index contributed by atoms with van der Waals surface area (Å²) < 4.78 is 11.3. The molecule has 0 radical (unpaired) electrons. The van der Waals surface area contributed by atoms with Gasteiger partial charge in [-0.05, 0) is 33.1 Å². The molecule has 2 unspecified atom stereocenters. The van der Waals surface area contributed by atoms with Crippen molar-refractivity contribution in [2.75, 3.05) is 32.9 Å². The first-order valence-corrected chi connectivity index (χ1v) is 9.36. The van der Waals surface area contributed by atoms with Gasteiger partial charge in [0.1, 0.15) is 0 Å². The Kier molecular flexibility index (Phi) is 7.20. The van der Waals surface area contributed by atoms with Gasteiger partial charge in [0, 0.05) is 30.0 Å². The van der Waals surface area contributed by atoms with Crippen LogP contribution in [0.4, 0.5) is 0 Å². The molecule has 140 valence electrons. The number of guanidine groups is 1. The molecular formula is C18H34IN3O2. The normalized spacial score (nSPS) is 30.2. The highest BCUT2D eigenvalue weighted by atomic mass is 127. The van der Waals surface area contributed by atoms with Crippen LogP contribution in [0, 0.1) is 10.8 Å². The fraction of sp³-hybridized carbons (Fsp3) is 0.944. The van der Waals surface area contributed by atoms with E-state index in [1.54, 1.807) is 0 Å². The van der Waals surface area contributed by atoms with E-state index in [1.807, 2.05) is 0 Å². The number of halogens is 1. The topological polar surface area (TPSA) is 54.9 Å². The minimum atomic E-state index is 0. The number of hydrogen-bond acceptors (Lipinski definition) is 3. The Morgan fingerprint density at radius 1 is 1.25 bits per heavy atom. The van der Waals surface area contributed by atoms with Crippen molar-refractivity contribution in [2.24, 2.45) is 15.8 Å². The molecule has 2 N–H and O–H groups in total. The van der Waals surface area contributed by atoms with Crippen LogP contribution in [0.3, 0.4) is 0 Å². The summed E-state index contributed by atoms with van der Waals surface area (Å²) in [4.78, 5) is 4.83. The van der Waals surface area contributed by atoms with Crippen molar-refractivity contribution < 1.29 is 9.47 Å². The van der Waals surface area contributed by atoms with Crippen LogP contribution < -0.4 is 10.6 Å². The maximum absolute atomic E-state index is 6.01. The fourth-order valence-electron chi connectivity index (χ4n) is 4.39. The molecule has 6 heteroatoms. The summed E-state index contributed by atoms with van der Waals surface area (Å²) in [5, 5.41) is 7.13. The van der Waals surface area contributed by atoms with Crippen LogP contribution in [0.2, 0.25) is 0 Å². The molecule has 2 saturated carbocycles. The molecule has 24 heavy (non-hydrogen) atoms. The first kappa shape index (κ1) is 20.2. The zero-order valence-electron chi connectivity index (χ0n) is 15.4. The van der Waals surface area contributed by atoms with E-state index in [1.165, 1.54) is 25.7 Å². The molecule has 0 aromatic rings. The summed E-state index contributed by atoms with van der Waals surface area (Å²) in [6, 6.07) is 0.504. The first-order valence-electron chi connectivity index (χ1n) is 9.36. The number of nitrogens with zero attached hydrogens (tertiary/aromatic N) is 1. The van der Waals surface area contributed by atoms with Crippen LogP contribution in [0.25, 0.3) is 0 Å². The average molecular weight is 451 g/mol. The van der Waals surface area contributed by atoms with Crippen molar-refractivity contribution in [3.63, 3.8) is 0 Å². The average Bonchev–Trinajstić information content (AvgIpc) is 3.02. The number of hydrogen-bond donors (Lipinski definition) is 2. The van der Waals surface area contributed by atoms with Gasteiger partial charge in [0.15, 0.2) is 5.96 Å². The minimum Gasteiger partial charge on any atom is -0.380 e. The monoisotopic (exact) mass is 451 g/mol. The van der Waals surface area contributed by atoms with Gasteiger partial charge in [0.25, 0.3) is 0 Å². The van der Waals surface area contributed by atoms with E-state index >= 15 is 0 Å². The largest absolute Gasteiger partial charge is 0.380 e. The molecule has 0 aromatic heterocycles. The molecule has 2 aliphatic carbocycles. The van der Waals surface area contributed by atoms with Crippen molar-refractivity contribution in [3.8, 4) is 0 Å². The van der Waals surface area contributed by atoms with E-state index in [4.69, 9.17) is 14.5 Å². The van der Waals surface area contributed by atoms with Gasteiger partial charge >= 0.3 is 0 Å². The summed E-state index contributed by atoms with van der Waals surface area (Å²) in [6.45, 7) is 10.7. The molecule has 3 fully saturated rings. The lowest BCUT2D eigenvalue weighted by Gasteiger charge is -2.54. The van der Waals surface area contributed by atoms with E-state index in [2.05, 4.69) is 31.4 Å². The maximum Gasteiger partial charge on any atom is 0.191 e. The summed E-state index contributed by atoms with van der Waals surface area (Å²) in [6.07, 6.45) is 6.81. The number of nitrogens with one attached hydrogen (secondary N) is 2. The highest BCUT2D eigenvalue weighted by molar-refractivity contribution is 14.0. The molecule has 1 saturated heterocycles. The van der Waals surface area contributed by atoms with Gasteiger partial charge in [0.2, 0.25) is 0 Å². The molecule has 5 nitrogen and oxygen atoms in total. The van der Waals surface area contributed by atoms with Gasteiger partial charge in [-0.1, -0.05) is 19.8 Å². The summed E-state index contributed by atoms with van der Waals surface area (Å²) >= 11 is 0. The highest BCUT2D eigenvalue weighted by Crippen LogP contribution is 2.54. The molecule has 3 rings (SSSR count). The van der Waals surface area contributed by atoms with E-state index in [9.17, 15) is 0 Å².